The average molecular weight is 469 g/mol. The molecule has 10 heteroatoms. The first-order valence-electron chi connectivity index (χ1n) is 10.8. The van der Waals surface area contributed by atoms with Crippen LogP contribution in [-0.4, -0.2) is 50.7 Å². The molecule has 5 heterocycles. The lowest BCUT2D eigenvalue weighted by atomic mass is 10.2. The molecule has 8 nitrogen and oxygen atoms in total. The van der Waals surface area contributed by atoms with Crippen LogP contribution in [0.4, 0.5) is 21.8 Å². The number of piperazine rings is 1. The third-order valence-electron chi connectivity index (χ3n) is 5.61. The molecule has 1 saturated heterocycles. The topological polar surface area (TPSA) is 83.8 Å². The fraction of sp³-hybridized carbons (Fsp3) is 0.304. The van der Waals surface area contributed by atoms with E-state index in [2.05, 4.69) is 53.9 Å². The Labute approximate surface area is 197 Å². The van der Waals surface area contributed by atoms with Crippen molar-refractivity contribution in [2.45, 2.75) is 19.9 Å². The molecule has 0 saturated carbocycles. The van der Waals surface area contributed by atoms with Gasteiger partial charge in [0.05, 0.1) is 29.1 Å². The normalized spacial score (nSPS) is 13.9. The molecule has 0 aromatic carbocycles. The van der Waals surface area contributed by atoms with E-state index < -0.39 is 5.82 Å². The molecule has 0 spiro atoms. The summed E-state index contributed by atoms with van der Waals surface area (Å²) >= 11 is 0. The lowest BCUT2D eigenvalue weighted by Gasteiger charge is -2.29. The van der Waals surface area contributed by atoms with Crippen LogP contribution in [0.5, 0.6) is 0 Å². The van der Waals surface area contributed by atoms with Crippen LogP contribution in [0.15, 0.2) is 49.1 Å². The Morgan fingerprint density at radius 1 is 1.06 bits per heavy atom. The molecule has 0 bridgehead atoms. The maximum atomic E-state index is 14.8. The Hall–Kier alpha value is -3.30. The number of pyridine rings is 2. The van der Waals surface area contributed by atoms with E-state index in [1.54, 1.807) is 6.20 Å². The van der Waals surface area contributed by atoms with Gasteiger partial charge in [-0.25, -0.2) is 19.3 Å². The lowest BCUT2D eigenvalue weighted by molar-refractivity contribution is 0.589. The van der Waals surface area contributed by atoms with Crippen LogP contribution in [0.25, 0.3) is 22.3 Å². The summed E-state index contributed by atoms with van der Waals surface area (Å²) < 4.78 is 16.8. The van der Waals surface area contributed by atoms with Crippen LogP contribution >= 0.6 is 12.4 Å². The molecule has 172 valence electrons. The number of hydrogen-bond acceptors (Lipinski definition) is 7. The number of nitrogens with one attached hydrogen (secondary N) is 2. The van der Waals surface area contributed by atoms with Crippen molar-refractivity contribution in [3.05, 3.63) is 54.9 Å². The van der Waals surface area contributed by atoms with Gasteiger partial charge in [-0.15, -0.1) is 12.4 Å². The van der Waals surface area contributed by atoms with Crippen molar-refractivity contribution < 1.29 is 4.39 Å². The molecule has 0 amide bonds. The summed E-state index contributed by atoms with van der Waals surface area (Å²) in [4.78, 5) is 19.8. The minimum absolute atomic E-state index is 0. The van der Waals surface area contributed by atoms with Gasteiger partial charge in [0.15, 0.2) is 5.82 Å². The fourth-order valence-corrected chi connectivity index (χ4v) is 3.98. The van der Waals surface area contributed by atoms with E-state index in [9.17, 15) is 4.39 Å². The zero-order valence-electron chi connectivity index (χ0n) is 18.5. The third-order valence-corrected chi connectivity index (χ3v) is 5.61. The van der Waals surface area contributed by atoms with Gasteiger partial charge in [0, 0.05) is 50.2 Å². The second-order valence-electron chi connectivity index (χ2n) is 8.07. The van der Waals surface area contributed by atoms with Gasteiger partial charge < -0.3 is 20.1 Å². The summed E-state index contributed by atoms with van der Waals surface area (Å²) in [6.45, 7) is 8.00. The average Bonchev–Trinajstić information content (AvgIpc) is 3.21. The van der Waals surface area contributed by atoms with Gasteiger partial charge in [-0.1, -0.05) is 0 Å². The summed E-state index contributed by atoms with van der Waals surface area (Å²) in [6, 6.07) is 7.97. The van der Waals surface area contributed by atoms with Crippen molar-refractivity contribution in [2.75, 3.05) is 36.4 Å². The molecule has 1 aliphatic rings. The van der Waals surface area contributed by atoms with Crippen LogP contribution in [0, 0.1) is 5.82 Å². The zero-order valence-corrected chi connectivity index (χ0v) is 19.3. The van der Waals surface area contributed by atoms with E-state index in [1.165, 1.54) is 6.20 Å². The standard InChI is InChI=1S/C23H25FN8.ClH/c1-15(2)32-14-17(22-19(32)4-3-7-26-22)21-18(24)13-28-23(30-21)29-20-6-5-16(12-27-20)31-10-8-25-9-11-31;/h3-7,12-15,25H,8-11H2,1-2H3,(H,27,28,29,30);1H. The van der Waals surface area contributed by atoms with E-state index in [-0.39, 0.29) is 30.1 Å². The summed E-state index contributed by atoms with van der Waals surface area (Å²) in [5.41, 5.74) is 3.58. The highest BCUT2D eigenvalue weighted by atomic mass is 35.5. The van der Waals surface area contributed by atoms with Gasteiger partial charge in [-0.3, -0.25) is 4.98 Å². The zero-order chi connectivity index (χ0) is 22.1. The van der Waals surface area contributed by atoms with Gasteiger partial charge in [0.2, 0.25) is 5.95 Å². The minimum Gasteiger partial charge on any atom is -0.368 e. The van der Waals surface area contributed by atoms with Crippen molar-refractivity contribution in [1.82, 2.24) is 29.8 Å². The first-order valence-corrected chi connectivity index (χ1v) is 10.8. The molecule has 2 N–H and O–H groups in total. The van der Waals surface area contributed by atoms with Crippen molar-refractivity contribution in [3.8, 4) is 11.3 Å². The second-order valence-corrected chi connectivity index (χ2v) is 8.07. The first-order chi connectivity index (χ1) is 15.6. The molecule has 4 aromatic rings. The summed E-state index contributed by atoms with van der Waals surface area (Å²) in [7, 11) is 0. The largest absolute Gasteiger partial charge is 0.368 e. The van der Waals surface area contributed by atoms with Crippen LogP contribution in [0.2, 0.25) is 0 Å². The van der Waals surface area contributed by atoms with Gasteiger partial charge in [-0.2, -0.15) is 0 Å². The number of halogens is 2. The molecule has 1 aliphatic heterocycles. The molecule has 1 fully saturated rings. The smallest absolute Gasteiger partial charge is 0.229 e. The summed E-state index contributed by atoms with van der Waals surface area (Å²) in [6.07, 6.45) is 6.62. The highest BCUT2D eigenvalue weighted by Crippen LogP contribution is 2.32. The Bertz CT molecular complexity index is 1240. The molecular weight excluding hydrogens is 443 g/mol. The number of anilines is 3. The van der Waals surface area contributed by atoms with Crippen LogP contribution in [-0.2, 0) is 0 Å². The maximum Gasteiger partial charge on any atom is 0.229 e. The number of aromatic nitrogens is 5. The third kappa shape index (κ3) is 4.60. The van der Waals surface area contributed by atoms with Crippen LogP contribution in [0.3, 0.4) is 0 Å². The number of hydrogen-bond donors (Lipinski definition) is 2. The Morgan fingerprint density at radius 3 is 2.61 bits per heavy atom. The second kappa shape index (κ2) is 9.68. The van der Waals surface area contributed by atoms with Crippen molar-refractivity contribution in [3.63, 3.8) is 0 Å². The monoisotopic (exact) mass is 468 g/mol. The highest BCUT2D eigenvalue weighted by Gasteiger charge is 2.18. The van der Waals surface area contributed by atoms with Gasteiger partial charge >= 0.3 is 0 Å². The molecule has 0 aliphatic carbocycles. The number of fused-ring (bicyclic) bond motifs is 1. The first kappa shape index (κ1) is 22.9. The fourth-order valence-electron chi connectivity index (χ4n) is 3.98. The molecule has 0 radical (unpaired) electrons. The number of rotatable bonds is 5. The SMILES string of the molecule is CC(C)n1cc(-c2nc(Nc3ccc(N4CCNCC4)cn3)ncc2F)c2ncccc21.Cl. The lowest BCUT2D eigenvalue weighted by Crippen LogP contribution is -2.43. The molecule has 4 aromatic heterocycles. The molecule has 5 rings (SSSR count). The van der Waals surface area contributed by atoms with E-state index >= 15 is 0 Å². The molecular formula is C23H26ClFN8. The molecule has 33 heavy (non-hydrogen) atoms. The van der Waals surface area contributed by atoms with Crippen LogP contribution in [0.1, 0.15) is 19.9 Å². The van der Waals surface area contributed by atoms with Crippen molar-refractivity contribution in [1.29, 1.82) is 0 Å². The minimum atomic E-state index is -0.494. The summed E-state index contributed by atoms with van der Waals surface area (Å²) in [5, 5.41) is 6.43. The van der Waals surface area contributed by atoms with Crippen LogP contribution < -0.4 is 15.5 Å². The summed E-state index contributed by atoms with van der Waals surface area (Å²) in [5.74, 6) is 0.389. The van der Waals surface area contributed by atoms with Gasteiger partial charge in [-0.05, 0) is 38.1 Å². The van der Waals surface area contributed by atoms with E-state index in [0.717, 1.165) is 37.4 Å². The van der Waals surface area contributed by atoms with E-state index in [0.29, 0.717) is 16.9 Å². The predicted octanol–water partition coefficient (Wildman–Crippen LogP) is 4.18. The van der Waals surface area contributed by atoms with E-state index in [1.807, 2.05) is 36.7 Å². The quantitative estimate of drug-likeness (QED) is 0.454. The maximum absolute atomic E-state index is 14.8. The predicted molar refractivity (Wildman–Crippen MR) is 131 cm³/mol. The van der Waals surface area contributed by atoms with Crippen molar-refractivity contribution in [2.24, 2.45) is 0 Å². The van der Waals surface area contributed by atoms with Gasteiger partial charge in [0.1, 0.15) is 11.5 Å². The Morgan fingerprint density at radius 2 is 1.88 bits per heavy atom. The van der Waals surface area contributed by atoms with Gasteiger partial charge in [0.25, 0.3) is 0 Å². The Kier molecular flexibility index (Phi) is 6.71. The molecule has 0 unspecified atom stereocenters. The van der Waals surface area contributed by atoms with E-state index in [4.69, 9.17) is 0 Å². The Balaban J connectivity index is 0.00000259. The molecule has 0 atom stereocenters. The van der Waals surface area contributed by atoms with Crippen molar-refractivity contribution >= 4 is 40.9 Å². The number of nitrogens with zero attached hydrogens (tertiary/aromatic N) is 6. The highest BCUT2D eigenvalue weighted by molar-refractivity contribution is 5.92.